The standard InChI is InChI=1S/C12H19NO4.ClH/c1-8(14)13-6-5-9(10(15)7-13)11(16)17-12(2,3)4;/h9H,5-7H2,1-4H3;1H. The van der Waals surface area contributed by atoms with Crippen molar-refractivity contribution in [1.82, 2.24) is 4.90 Å². The first-order valence-electron chi connectivity index (χ1n) is 5.72. The van der Waals surface area contributed by atoms with Crippen LogP contribution >= 0.6 is 12.4 Å². The van der Waals surface area contributed by atoms with Crippen molar-refractivity contribution in [2.75, 3.05) is 13.1 Å². The lowest BCUT2D eigenvalue weighted by molar-refractivity contribution is -0.165. The average Bonchev–Trinajstić information content (AvgIpc) is 2.14. The first kappa shape index (κ1) is 16.9. The van der Waals surface area contributed by atoms with E-state index in [0.717, 1.165) is 0 Å². The second-order valence-electron chi connectivity index (χ2n) is 5.28. The number of carbonyl (C=O) groups is 3. The van der Waals surface area contributed by atoms with Gasteiger partial charge >= 0.3 is 5.97 Å². The zero-order valence-corrected chi connectivity index (χ0v) is 12.0. The van der Waals surface area contributed by atoms with E-state index in [1.54, 1.807) is 20.8 Å². The zero-order chi connectivity index (χ0) is 13.2. The molecule has 1 rings (SSSR count). The first-order valence-corrected chi connectivity index (χ1v) is 5.72. The Morgan fingerprint density at radius 1 is 1.33 bits per heavy atom. The van der Waals surface area contributed by atoms with Gasteiger partial charge in [0.05, 0.1) is 6.54 Å². The molecule has 1 aliphatic heterocycles. The molecule has 1 atom stereocenters. The molecule has 0 N–H and O–H groups in total. The van der Waals surface area contributed by atoms with Crippen LogP contribution in [0, 0.1) is 5.92 Å². The SMILES string of the molecule is CC(=O)N1CCC(C(=O)OC(C)(C)C)C(=O)C1.Cl. The summed E-state index contributed by atoms with van der Waals surface area (Å²) in [5.41, 5.74) is -0.588. The van der Waals surface area contributed by atoms with E-state index in [-0.39, 0.29) is 30.6 Å². The Balaban J connectivity index is 0.00000289. The highest BCUT2D eigenvalue weighted by molar-refractivity contribution is 6.01. The van der Waals surface area contributed by atoms with E-state index in [2.05, 4.69) is 0 Å². The van der Waals surface area contributed by atoms with E-state index in [4.69, 9.17) is 4.74 Å². The number of hydrogen-bond acceptors (Lipinski definition) is 4. The number of ketones is 1. The molecule has 1 saturated heterocycles. The van der Waals surface area contributed by atoms with Gasteiger partial charge in [0.15, 0.2) is 5.78 Å². The summed E-state index contributed by atoms with van der Waals surface area (Å²) in [6.45, 7) is 7.16. The van der Waals surface area contributed by atoms with Crippen LogP contribution in [0.4, 0.5) is 0 Å². The molecule has 1 fully saturated rings. The Morgan fingerprint density at radius 3 is 2.28 bits per heavy atom. The third kappa shape index (κ3) is 4.64. The molecule has 1 aliphatic rings. The van der Waals surface area contributed by atoms with Crippen LogP contribution in [0.1, 0.15) is 34.1 Å². The Hall–Kier alpha value is -1.10. The molecule has 0 aliphatic carbocycles. The van der Waals surface area contributed by atoms with Crippen molar-refractivity contribution >= 4 is 30.1 Å². The van der Waals surface area contributed by atoms with E-state index in [1.807, 2.05) is 0 Å². The van der Waals surface area contributed by atoms with Gasteiger partial charge in [-0.2, -0.15) is 0 Å². The molecule has 0 aromatic heterocycles. The maximum atomic E-state index is 11.8. The van der Waals surface area contributed by atoms with Gasteiger partial charge in [-0.3, -0.25) is 14.4 Å². The summed E-state index contributed by atoms with van der Waals surface area (Å²) < 4.78 is 5.18. The number of carbonyl (C=O) groups excluding carboxylic acids is 3. The Kier molecular flexibility index (Phi) is 5.80. The molecule has 0 spiro atoms. The lowest BCUT2D eigenvalue weighted by Gasteiger charge is -2.30. The van der Waals surface area contributed by atoms with Gasteiger partial charge in [0.1, 0.15) is 11.5 Å². The fraction of sp³-hybridized carbons (Fsp3) is 0.750. The number of ether oxygens (including phenoxy) is 1. The van der Waals surface area contributed by atoms with Crippen molar-refractivity contribution in [3.05, 3.63) is 0 Å². The van der Waals surface area contributed by atoms with Crippen molar-refractivity contribution < 1.29 is 19.1 Å². The average molecular weight is 278 g/mol. The van der Waals surface area contributed by atoms with Crippen molar-refractivity contribution in [3.8, 4) is 0 Å². The molecule has 0 aromatic carbocycles. The molecule has 0 radical (unpaired) electrons. The monoisotopic (exact) mass is 277 g/mol. The Labute approximate surface area is 113 Å². The van der Waals surface area contributed by atoms with E-state index in [1.165, 1.54) is 11.8 Å². The number of nitrogens with zero attached hydrogens (tertiary/aromatic N) is 1. The quantitative estimate of drug-likeness (QED) is 0.533. The number of Topliss-reactive ketones (excluding diaryl/α,β-unsaturated/α-hetero) is 1. The molecule has 1 unspecified atom stereocenters. The molecule has 1 heterocycles. The zero-order valence-electron chi connectivity index (χ0n) is 11.2. The number of amides is 1. The van der Waals surface area contributed by atoms with Crippen LogP contribution in [0.25, 0.3) is 0 Å². The molecule has 6 heteroatoms. The minimum absolute atomic E-state index is 0. The van der Waals surface area contributed by atoms with Gasteiger partial charge in [-0.1, -0.05) is 0 Å². The fourth-order valence-electron chi connectivity index (χ4n) is 1.71. The van der Waals surface area contributed by atoms with Crippen LogP contribution in [-0.2, 0) is 19.1 Å². The molecule has 104 valence electrons. The summed E-state index contributed by atoms with van der Waals surface area (Å²) in [5.74, 6) is -1.57. The topological polar surface area (TPSA) is 63.7 Å². The number of hydrogen-bond donors (Lipinski definition) is 0. The predicted octanol–water partition coefficient (Wildman–Crippen LogP) is 1.19. The molecule has 0 aromatic rings. The number of likely N-dealkylation sites (tertiary alicyclic amines) is 1. The fourth-order valence-corrected chi connectivity index (χ4v) is 1.71. The lowest BCUT2D eigenvalue weighted by Crippen LogP contribution is -2.46. The number of esters is 1. The Morgan fingerprint density at radius 2 is 1.89 bits per heavy atom. The highest BCUT2D eigenvalue weighted by atomic mass is 35.5. The van der Waals surface area contributed by atoms with E-state index in [0.29, 0.717) is 13.0 Å². The maximum absolute atomic E-state index is 11.8. The highest BCUT2D eigenvalue weighted by Crippen LogP contribution is 2.19. The van der Waals surface area contributed by atoms with Crippen LogP contribution in [0.15, 0.2) is 0 Å². The lowest BCUT2D eigenvalue weighted by atomic mass is 9.95. The molecular formula is C12H20ClNO4. The van der Waals surface area contributed by atoms with Gasteiger partial charge in [0.25, 0.3) is 0 Å². The van der Waals surface area contributed by atoms with Gasteiger partial charge in [0, 0.05) is 13.5 Å². The van der Waals surface area contributed by atoms with Gasteiger partial charge in [-0.15, -0.1) is 12.4 Å². The van der Waals surface area contributed by atoms with Crippen LogP contribution in [0.2, 0.25) is 0 Å². The summed E-state index contributed by atoms with van der Waals surface area (Å²) in [6.07, 6.45) is 0.354. The number of piperidine rings is 1. The van der Waals surface area contributed by atoms with Gasteiger partial charge in [0.2, 0.25) is 5.91 Å². The number of rotatable bonds is 1. The minimum Gasteiger partial charge on any atom is -0.459 e. The van der Waals surface area contributed by atoms with Crippen molar-refractivity contribution in [2.45, 2.75) is 39.7 Å². The first-order chi connectivity index (χ1) is 7.70. The third-order valence-corrected chi connectivity index (χ3v) is 2.56. The van der Waals surface area contributed by atoms with E-state index in [9.17, 15) is 14.4 Å². The molecule has 1 amide bonds. The van der Waals surface area contributed by atoms with Gasteiger partial charge in [-0.05, 0) is 27.2 Å². The van der Waals surface area contributed by atoms with E-state index >= 15 is 0 Å². The third-order valence-electron chi connectivity index (χ3n) is 2.56. The predicted molar refractivity (Wildman–Crippen MR) is 68.5 cm³/mol. The second kappa shape index (κ2) is 6.18. The van der Waals surface area contributed by atoms with Crippen LogP contribution < -0.4 is 0 Å². The molecule has 18 heavy (non-hydrogen) atoms. The largest absolute Gasteiger partial charge is 0.459 e. The van der Waals surface area contributed by atoms with Crippen molar-refractivity contribution in [2.24, 2.45) is 5.92 Å². The molecule has 0 saturated carbocycles. The van der Waals surface area contributed by atoms with Crippen molar-refractivity contribution in [1.29, 1.82) is 0 Å². The normalized spacial score (nSPS) is 20.1. The van der Waals surface area contributed by atoms with Crippen LogP contribution in [0.3, 0.4) is 0 Å². The summed E-state index contributed by atoms with van der Waals surface area (Å²) in [5, 5.41) is 0. The van der Waals surface area contributed by atoms with Crippen LogP contribution in [0.5, 0.6) is 0 Å². The maximum Gasteiger partial charge on any atom is 0.317 e. The van der Waals surface area contributed by atoms with Crippen molar-refractivity contribution in [3.63, 3.8) is 0 Å². The van der Waals surface area contributed by atoms with Crippen LogP contribution in [-0.4, -0.2) is 41.3 Å². The Bertz CT molecular complexity index is 348. The highest BCUT2D eigenvalue weighted by Gasteiger charge is 2.36. The van der Waals surface area contributed by atoms with E-state index < -0.39 is 17.5 Å². The minimum atomic E-state index is -0.718. The van der Waals surface area contributed by atoms with Gasteiger partial charge in [-0.25, -0.2) is 0 Å². The molecular weight excluding hydrogens is 258 g/mol. The summed E-state index contributed by atoms with van der Waals surface area (Å²) in [7, 11) is 0. The molecule has 5 nitrogen and oxygen atoms in total. The summed E-state index contributed by atoms with van der Waals surface area (Å²) >= 11 is 0. The summed E-state index contributed by atoms with van der Waals surface area (Å²) in [6, 6.07) is 0. The van der Waals surface area contributed by atoms with Gasteiger partial charge < -0.3 is 9.64 Å². The summed E-state index contributed by atoms with van der Waals surface area (Å²) in [4.78, 5) is 36.1. The second-order valence-corrected chi connectivity index (χ2v) is 5.28. The number of halogens is 1. The smallest absolute Gasteiger partial charge is 0.317 e. The molecule has 0 bridgehead atoms.